The van der Waals surface area contributed by atoms with Crippen molar-refractivity contribution in [2.24, 2.45) is 5.73 Å². The summed E-state index contributed by atoms with van der Waals surface area (Å²) < 4.78 is 31.0. The highest BCUT2D eigenvalue weighted by Crippen LogP contribution is 2.28. The molecule has 1 amide bonds. The molecule has 39 heavy (non-hydrogen) atoms. The van der Waals surface area contributed by atoms with Gasteiger partial charge in [0.2, 0.25) is 15.9 Å². The summed E-state index contributed by atoms with van der Waals surface area (Å²) in [6.07, 6.45) is 1.79. The SMILES string of the molecule is Cc1cc(C)c(S(=O)(=O)N[C@@H](C)CNc2cc(C)cc3c2cnn3-c2cccc(N[C@H](C)C(N)=O)c2)c(C)c1. The predicted molar refractivity (Wildman–Crippen MR) is 157 cm³/mol. The van der Waals surface area contributed by atoms with Crippen molar-refractivity contribution in [3.63, 3.8) is 0 Å². The molecule has 5 N–H and O–H groups in total. The molecule has 0 unspecified atom stereocenters. The molecule has 0 aliphatic rings. The van der Waals surface area contributed by atoms with Gasteiger partial charge < -0.3 is 16.4 Å². The molecule has 1 aromatic heterocycles. The minimum atomic E-state index is -3.68. The van der Waals surface area contributed by atoms with Crippen LogP contribution in [0, 0.1) is 27.7 Å². The highest BCUT2D eigenvalue weighted by molar-refractivity contribution is 7.89. The third-order valence-corrected chi connectivity index (χ3v) is 8.46. The van der Waals surface area contributed by atoms with E-state index in [-0.39, 0.29) is 6.04 Å². The van der Waals surface area contributed by atoms with Crippen LogP contribution in [0.25, 0.3) is 16.6 Å². The number of hydrogen-bond donors (Lipinski definition) is 4. The molecule has 0 radical (unpaired) electrons. The van der Waals surface area contributed by atoms with Gasteiger partial charge in [0.1, 0.15) is 6.04 Å². The van der Waals surface area contributed by atoms with Crippen molar-refractivity contribution in [2.45, 2.75) is 58.5 Å². The number of primary amides is 1. The Morgan fingerprint density at radius 1 is 1.00 bits per heavy atom. The monoisotopic (exact) mass is 548 g/mol. The molecule has 2 atom stereocenters. The van der Waals surface area contributed by atoms with Crippen molar-refractivity contribution in [1.82, 2.24) is 14.5 Å². The van der Waals surface area contributed by atoms with Gasteiger partial charge in [0.25, 0.3) is 0 Å². The zero-order valence-corrected chi connectivity index (χ0v) is 24.0. The lowest BCUT2D eigenvalue weighted by Gasteiger charge is -2.19. The third kappa shape index (κ3) is 6.23. The zero-order chi connectivity index (χ0) is 28.5. The maximum atomic E-state index is 13.2. The van der Waals surface area contributed by atoms with E-state index >= 15 is 0 Å². The fourth-order valence-corrected chi connectivity index (χ4v) is 6.58. The van der Waals surface area contributed by atoms with Crippen LogP contribution in [0.15, 0.2) is 59.6 Å². The van der Waals surface area contributed by atoms with E-state index in [0.717, 1.165) is 50.2 Å². The fourth-order valence-electron chi connectivity index (χ4n) is 4.89. The Morgan fingerprint density at radius 2 is 1.67 bits per heavy atom. The average Bonchev–Trinajstić information content (AvgIpc) is 3.25. The van der Waals surface area contributed by atoms with Gasteiger partial charge in [-0.05, 0) is 88.6 Å². The van der Waals surface area contributed by atoms with Crippen LogP contribution >= 0.6 is 0 Å². The van der Waals surface area contributed by atoms with Gasteiger partial charge in [0.05, 0.1) is 22.3 Å². The van der Waals surface area contributed by atoms with Gasteiger partial charge in [-0.1, -0.05) is 23.8 Å². The summed E-state index contributed by atoms with van der Waals surface area (Å²) >= 11 is 0. The predicted octanol–water partition coefficient (Wildman–Crippen LogP) is 4.32. The molecular formula is C29H36N6O3S. The molecule has 0 aliphatic carbocycles. The maximum absolute atomic E-state index is 13.2. The Bertz CT molecular complexity index is 1620. The highest BCUT2D eigenvalue weighted by Gasteiger charge is 2.22. The van der Waals surface area contributed by atoms with Crippen molar-refractivity contribution in [3.05, 3.63) is 77.0 Å². The molecule has 9 nitrogen and oxygen atoms in total. The van der Waals surface area contributed by atoms with Crippen molar-refractivity contribution in [2.75, 3.05) is 17.2 Å². The van der Waals surface area contributed by atoms with E-state index in [1.165, 1.54) is 0 Å². The average molecular weight is 549 g/mol. The minimum Gasteiger partial charge on any atom is -0.383 e. The smallest absolute Gasteiger partial charge is 0.241 e. The molecule has 0 saturated heterocycles. The lowest BCUT2D eigenvalue weighted by Crippen LogP contribution is -2.38. The second kappa shape index (κ2) is 11.1. The van der Waals surface area contributed by atoms with Crippen LogP contribution in [0.1, 0.15) is 36.1 Å². The van der Waals surface area contributed by atoms with Gasteiger partial charge in [-0.2, -0.15) is 5.10 Å². The first kappa shape index (κ1) is 28.1. The van der Waals surface area contributed by atoms with E-state index in [4.69, 9.17) is 5.73 Å². The van der Waals surface area contributed by atoms with E-state index < -0.39 is 22.0 Å². The van der Waals surface area contributed by atoms with Gasteiger partial charge >= 0.3 is 0 Å². The molecular weight excluding hydrogens is 512 g/mol. The number of amides is 1. The second-order valence-corrected chi connectivity index (χ2v) is 11.9. The van der Waals surface area contributed by atoms with Crippen LogP contribution in [0.4, 0.5) is 11.4 Å². The number of nitrogens with one attached hydrogen (secondary N) is 3. The molecule has 0 spiro atoms. The molecule has 0 aliphatic heterocycles. The number of fused-ring (bicyclic) bond motifs is 1. The number of sulfonamides is 1. The molecule has 10 heteroatoms. The largest absolute Gasteiger partial charge is 0.383 e. The zero-order valence-electron chi connectivity index (χ0n) is 23.2. The minimum absolute atomic E-state index is 0.334. The second-order valence-electron chi connectivity index (χ2n) is 10.3. The Morgan fingerprint density at radius 3 is 2.33 bits per heavy atom. The van der Waals surface area contributed by atoms with E-state index in [1.807, 2.05) is 81.8 Å². The van der Waals surface area contributed by atoms with Crippen LogP contribution < -0.4 is 21.1 Å². The third-order valence-electron chi connectivity index (χ3n) is 6.56. The van der Waals surface area contributed by atoms with Crippen molar-refractivity contribution in [1.29, 1.82) is 0 Å². The summed E-state index contributed by atoms with van der Waals surface area (Å²) in [6, 6.07) is 14.6. The van der Waals surface area contributed by atoms with Crippen molar-refractivity contribution >= 4 is 38.2 Å². The number of hydrogen-bond acceptors (Lipinski definition) is 6. The van der Waals surface area contributed by atoms with Gasteiger partial charge in [-0.3, -0.25) is 4.79 Å². The van der Waals surface area contributed by atoms with E-state index in [1.54, 1.807) is 13.1 Å². The highest BCUT2D eigenvalue weighted by atomic mass is 32.2. The first-order valence-corrected chi connectivity index (χ1v) is 14.3. The van der Waals surface area contributed by atoms with Gasteiger partial charge in [-0.25, -0.2) is 17.8 Å². The number of aromatic nitrogens is 2. The Hall–Kier alpha value is -3.89. The van der Waals surface area contributed by atoms with Crippen molar-refractivity contribution in [3.8, 4) is 5.69 Å². The number of carbonyl (C=O) groups is 1. The number of carbonyl (C=O) groups excluding carboxylic acids is 1. The van der Waals surface area contributed by atoms with Crippen LogP contribution in [0.2, 0.25) is 0 Å². The van der Waals surface area contributed by atoms with Gasteiger partial charge in [0.15, 0.2) is 0 Å². The Labute approximate surface area is 229 Å². The number of aryl methyl sites for hydroxylation is 4. The summed E-state index contributed by atoms with van der Waals surface area (Å²) in [5.74, 6) is -0.433. The van der Waals surface area contributed by atoms with E-state index in [2.05, 4.69) is 26.5 Å². The van der Waals surface area contributed by atoms with Gasteiger partial charge in [0, 0.05) is 29.3 Å². The summed E-state index contributed by atoms with van der Waals surface area (Å²) in [7, 11) is -3.68. The first-order valence-electron chi connectivity index (χ1n) is 12.8. The lowest BCUT2D eigenvalue weighted by molar-refractivity contribution is -0.118. The molecule has 0 saturated carbocycles. The summed E-state index contributed by atoms with van der Waals surface area (Å²) in [5.41, 5.74) is 12.3. The quantitative estimate of drug-likeness (QED) is 0.233. The molecule has 206 valence electrons. The number of nitrogens with two attached hydrogens (primary N) is 1. The molecule has 0 bridgehead atoms. The summed E-state index contributed by atoms with van der Waals surface area (Å²) in [4.78, 5) is 11.8. The molecule has 4 rings (SSSR count). The molecule has 3 aromatic carbocycles. The molecule has 4 aromatic rings. The van der Waals surface area contributed by atoms with E-state index in [9.17, 15) is 13.2 Å². The topological polar surface area (TPSA) is 131 Å². The van der Waals surface area contributed by atoms with Crippen molar-refractivity contribution < 1.29 is 13.2 Å². The molecule has 0 fully saturated rings. The number of benzene rings is 3. The molecule has 1 heterocycles. The first-order chi connectivity index (χ1) is 18.4. The number of rotatable bonds is 10. The number of anilines is 2. The normalized spacial score (nSPS) is 13.3. The van der Waals surface area contributed by atoms with E-state index in [0.29, 0.717) is 11.4 Å². The number of nitrogens with zero attached hydrogens (tertiary/aromatic N) is 2. The lowest BCUT2D eigenvalue weighted by atomic mass is 10.1. The summed E-state index contributed by atoms with van der Waals surface area (Å²) in [6.45, 7) is 11.5. The maximum Gasteiger partial charge on any atom is 0.241 e. The Kier molecular flexibility index (Phi) is 7.99. The van der Waals surface area contributed by atoms with Crippen LogP contribution in [0.5, 0.6) is 0 Å². The fraction of sp³-hybridized carbons (Fsp3) is 0.310. The van der Waals surface area contributed by atoms with Gasteiger partial charge in [-0.15, -0.1) is 0 Å². The van der Waals surface area contributed by atoms with Crippen LogP contribution in [-0.2, 0) is 14.8 Å². The Balaban J connectivity index is 1.55. The standard InChI is InChI=1S/C29H36N6O3S/c1-17-10-19(3)28(20(4)11-17)39(37,38)34-21(5)15-31-26-12-18(2)13-27-25(26)16-32-35(27)24-9-7-8-23(14-24)33-22(6)29(30)36/h7-14,16,21-22,31,33-34H,15H2,1-6H3,(H2,30,36)/t21-,22+/m0/s1. The van der Waals surface area contributed by atoms with Crippen LogP contribution in [0.3, 0.4) is 0 Å². The van der Waals surface area contributed by atoms with Crippen LogP contribution in [-0.4, -0.2) is 42.7 Å². The summed E-state index contributed by atoms with van der Waals surface area (Å²) in [5, 5.41) is 12.0.